The van der Waals surface area contributed by atoms with E-state index < -0.39 is 17.9 Å². The van der Waals surface area contributed by atoms with Gasteiger partial charge in [0, 0.05) is 18.0 Å². The number of hydrogen-bond acceptors (Lipinski definition) is 4. The van der Waals surface area contributed by atoms with Gasteiger partial charge in [-0.15, -0.1) is 0 Å². The van der Waals surface area contributed by atoms with E-state index in [4.69, 9.17) is 11.0 Å². The maximum Gasteiger partial charge on any atom is 0.253 e. The van der Waals surface area contributed by atoms with Gasteiger partial charge in [0.05, 0.1) is 22.7 Å². The zero-order valence-corrected chi connectivity index (χ0v) is 13.8. The van der Waals surface area contributed by atoms with E-state index in [1.165, 1.54) is 6.20 Å². The number of nitrogens with zero attached hydrogens (tertiary/aromatic N) is 2. The molecule has 3 aromatic rings. The highest BCUT2D eigenvalue weighted by Crippen LogP contribution is 2.13. The van der Waals surface area contributed by atoms with Crippen molar-refractivity contribution in [3.63, 3.8) is 0 Å². The molecule has 26 heavy (non-hydrogen) atoms. The van der Waals surface area contributed by atoms with Crippen molar-refractivity contribution >= 4 is 22.7 Å². The van der Waals surface area contributed by atoms with E-state index in [0.717, 1.165) is 16.5 Å². The van der Waals surface area contributed by atoms with Crippen LogP contribution in [-0.2, 0) is 11.2 Å². The molecule has 0 radical (unpaired) electrons. The van der Waals surface area contributed by atoms with Crippen molar-refractivity contribution in [2.24, 2.45) is 5.73 Å². The number of nitrogens with one attached hydrogen (secondary N) is 1. The van der Waals surface area contributed by atoms with Crippen LogP contribution in [0.5, 0.6) is 0 Å². The van der Waals surface area contributed by atoms with Gasteiger partial charge < -0.3 is 11.1 Å². The van der Waals surface area contributed by atoms with Crippen LogP contribution in [0.25, 0.3) is 10.9 Å². The van der Waals surface area contributed by atoms with Gasteiger partial charge in [-0.05, 0) is 29.8 Å². The third-order valence-corrected chi connectivity index (χ3v) is 4.02. The number of fused-ring (bicyclic) bond motifs is 1. The minimum atomic E-state index is -0.859. The predicted octanol–water partition coefficient (Wildman–Crippen LogP) is 1.93. The van der Waals surface area contributed by atoms with Gasteiger partial charge in [-0.25, -0.2) is 0 Å². The Hall–Kier alpha value is -3.72. The van der Waals surface area contributed by atoms with Crippen molar-refractivity contribution in [1.29, 1.82) is 5.26 Å². The Morgan fingerprint density at radius 1 is 1.15 bits per heavy atom. The van der Waals surface area contributed by atoms with E-state index in [9.17, 15) is 9.59 Å². The Morgan fingerprint density at radius 2 is 1.88 bits per heavy atom. The van der Waals surface area contributed by atoms with E-state index in [1.54, 1.807) is 30.3 Å². The van der Waals surface area contributed by atoms with E-state index in [-0.39, 0.29) is 6.42 Å². The molecule has 2 amide bonds. The molecule has 0 saturated carbocycles. The summed E-state index contributed by atoms with van der Waals surface area (Å²) < 4.78 is 0. The Bertz CT molecular complexity index is 1010. The molecule has 6 nitrogen and oxygen atoms in total. The fraction of sp³-hybridized carbons (Fsp3) is 0.100. The molecule has 0 saturated heterocycles. The minimum Gasteiger partial charge on any atom is -0.368 e. The first-order valence-electron chi connectivity index (χ1n) is 8.01. The number of amides is 2. The normalized spacial score (nSPS) is 11.5. The van der Waals surface area contributed by atoms with Crippen LogP contribution in [0.2, 0.25) is 0 Å². The largest absolute Gasteiger partial charge is 0.368 e. The second kappa shape index (κ2) is 7.45. The molecule has 2 aromatic carbocycles. The van der Waals surface area contributed by atoms with Crippen LogP contribution in [0.15, 0.2) is 60.8 Å². The van der Waals surface area contributed by atoms with Crippen molar-refractivity contribution in [2.45, 2.75) is 12.5 Å². The van der Waals surface area contributed by atoms with Gasteiger partial charge in [0.25, 0.3) is 5.91 Å². The number of aromatic nitrogens is 1. The van der Waals surface area contributed by atoms with E-state index >= 15 is 0 Å². The summed E-state index contributed by atoms with van der Waals surface area (Å²) in [6.07, 6.45) is 1.71. The first-order chi connectivity index (χ1) is 12.6. The Balaban J connectivity index is 1.76. The van der Waals surface area contributed by atoms with Gasteiger partial charge in [0.15, 0.2) is 0 Å². The minimum absolute atomic E-state index is 0.244. The predicted molar refractivity (Wildman–Crippen MR) is 97.1 cm³/mol. The summed E-state index contributed by atoms with van der Waals surface area (Å²) in [5, 5.41) is 12.3. The molecule has 6 heteroatoms. The molecule has 0 aliphatic heterocycles. The van der Waals surface area contributed by atoms with Gasteiger partial charge in [0.1, 0.15) is 6.04 Å². The van der Waals surface area contributed by atoms with E-state index in [2.05, 4.69) is 10.3 Å². The van der Waals surface area contributed by atoms with Crippen LogP contribution in [0.4, 0.5) is 0 Å². The number of carbonyl (C=O) groups excluding carboxylic acids is 2. The number of primary amides is 1. The van der Waals surface area contributed by atoms with Crippen LogP contribution < -0.4 is 11.1 Å². The molecule has 0 unspecified atom stereocenters. The topological polar surface area (TPSA) is 109 Å². The molecule has 0 aliphatic carbocycles. The van der Waals surface area contributed by atoms with Crippen molar-refractivity contribution in [3.05, 3.63) is 77.5 Å². The van der Waals surface area contributed by atoms with E-state index in [1.807, 2.05) is 30.3 Å². The third kappa shape index (κ3) is 3.84. The van der Waals surface area contributed by atoms with Gasteiger partial charge in [-0.3, -0.25) is 14.6 Å². The zero-order chi connectivity index (χ0) is 18.5. The summed E-state index contributed by atoms with van der Waals surface area (Å²) in [4.78, 5) is 28.5. The molecule has 128 valence electrons. The number of benzene rings is 2. The number of pyridine rings is 1. The highest BCUT2D eigenvalue weighted by Gasteiger charge is 2.20. The lowest BCUT2D eigenvalue weighted by atomic mass is 10.0. The van der Waals surface area contributed by atoms with Crippen molar-refractivity contribution in [2.75, 3.05) is 0 Å². The molecule has 1 heterocycles. The Labute approximate surface area is 150 Å². The Kier molecular flexibility index (Phi) is 4.90. The molecule has 1 aromatic heterocycles. The van der Waals surface area contributed by atoms with Gasteiger partial charge in [-0.1, -0.05) is 30.3 Å². The fourth-order valence-corrected chi connectivity index (χ4v) is 2.61. The average molecular weight is 344 g/mol. The maximum absolute atomic E-state index is 12.5. The van der Waals surface area contributed by atoms with Gasteiger partial charge in [0.2, 0.25) is 5.91 Å². The maximum atomic E-state index is 12.5. The first-order valence-corrected chi connectivity index (χ1v) is 8.01. The summed E-state index contributed by atoms with van der Waals surface area (Å²) in [5.74, 6) is -1.04. The monoisotopic (exact) mass is 344 g/mol. The quantitative estimate of drug-likeness (QED) is 0.737. The van der Waals surface area contributed by atoms with Crippen molar-refractivity contribution < 1.29 is 9.59 Å². The lowest BCUT2D eigenvalue weighted by molar-refractivity contribution is -0.119. The lowest BCUT2D eigenvalue weighted by Crippen LogP contribution is -2.45. The third-order valence-electron chi connectivity index (χ3n) is 4.02. The summed E-state index contributed by atoms with van der Waals surface area (Å²) in [5.41, 5.74) is 7.90. The molecular formula is C20H16N4O2. The van der Waals surface area contributed by atoms with Crippen LogP contribution in [0, 0.1) is 11.3 Å². The smallest absolute Gasteiger partial charge is 0.253 e. The van der Waals surface area contributed by atoms with Gasteiger partial charge in [-0.2, -0.15) is 5.26 Å². The fourth-order valence-electron chi connectivity index (χ4n) is 2.61. The number of nitriles is 1. The summed E-state index contributed by atoms with van der Waals surface area (Å²) in [7, 11) is 0. The van der Waals surface area contributed by atoms with Crippen molar-refractivity contribution in [3.8, 4) is 6.07 Å². The average Bonchev–Trinajstić information content (AvgIpc) is 2.67. The molecule has 0 bridgehead atoms. The van der Waals surface area contributed by atoms with Crippen molar-refractivity contribution in [1.82, 2.24) is 10.3 Å². The summed E-state index contributed by atoms with van der Waals surface area (Å²) in [6, 6.07) is 17.1. The van der Waals surface area contributed by atoms with Crippen LogP contribution in [0.3, 0.4) is 0 Å². The Morgan fingerprint density at radius 3 is 2.58 bits per heavy atom. The molecule has 0 fully saturated rings. The second-order valence-corrected chi connectivity index (χ2v) is 5.86. The summed E-state index contributed by atoms with van der Waals surface area (Å²) >= 11 is 0. The number of nitrogens with two attached hydrogens (primary N) is 1. The van der Waals surface area contributed by atoms with Crippen LogP contribution in [-0.4, -0.2) is 22.8 Å². The number of carbonyl (C=O) groups is 2. The molecule has 0 aliphatic rings. The molecule has 0 spiro atoms. The molecule has 1 atom stereocenters. The van der Waals surface area contributed by atoms with Crippen LogP contribution >= 0.6 is 0 Å². The van der Waals surface area contributed by atoms with Crippen LogP contribution in [0.1, 0.15) is 21.5 Å². The molecule has 3 rings (SSSR count). The van der Waals surface area contributed by atoms with E-state index in [0.29, 0.717) is 11.1 Å². The van der Waals surface area contributed by atoms with Gasteiger partial charge >= 0.3 is 0 Å². The number of rotatable bonds is 5. The highest BCUT2D eigenvalue weighted by atomic mass is 16.2. The second-order valence-electron chi connectivity index (χ2n) is 5.86. The number of hydrogen-bond donors (Lipinski definition) is 2. The molecular weight excluding hydrogens is 328 g/mol. The number of para-hydroxylation sites is 1. The molecule has 3 N–H and O–H groups in total. The summed E-state index contributed by atoms with van der Waals surface area (Å²) in [6.45, 7) is 0. The lowest BCUT2D eigenvalue weighted by Gasteiger charge is -2.16. The standard InChI is InChI=1S/C20H16N4O2/c21-11-14-7-5-13(6-8-14)9-18(19(22)25)24-20(26)16-10-15-3-1-2-4-17(15)23-12-16/h1-8,10,12,18H,9H2,(H2,22,25)(H,24,26)/t18-/m0/s1. The SMILES string of the molecule is N#Cc1ccc(C[C@H](NC(=O)c2cnc3ccccc3c2)C(N)=O)cc1. The zero-order valence-electron chi connectivity index (χ0n) is 13.8. The highest BCUT2D eigenvalue weighted by molar-refractivity contribution is 5.99. The first kappa shape index (κ1) is 17.1.